The van der Waals surface area contributed by atoms with Crippen molar-refractivity contribution in [2.75, 3.05) is 25.0 Å². The van der Waals surface area contributed by atoms with Crippen molar-refractivity contribution in [2.24, 2.45) is 5.73 Å². The Bertz CT molecular complexity index is 1240. The maximum atomic E-state index is 13.4. The van der Waals surface area contributed by atoms with Gasteiger partial charge in [-0.25, -0.2) is 14.4 Å². The molecule has 164 valence electrons. The standard InChI is InChI=1S/C23H24FN7O/c1-15(14-25)30-10-7-18(8-11-30)27-22-26-9-6-19(28-22)21-20(16-2-4-17(24)5-3-16)29-23-31(21)12-13-32-23/h2-6,9,12-13,18H,1,7-8,10-11,14,25H2,(H,26,27,28). The van der Waals surface area contributed by atoms with Gasteiger partial charge >= 0.3 is 5.84 Å². The van der Waals surface area contributed by atoms with Gasteiger partial charge in [0.2, 0.25) is 5.95 Å². The number of aromatic nitrogens is 4. The quantitative estimate of drug-likeness (QED) is 0.480. The Morgan fingerprint density at radius 2 is 1.97 bits per heavy atom. The molecule has 0 atom stereocenters. The van der Waals surface area contributed by atoms with Gasteiger partial charge < -0.3 is 20.4 Å². The summed E-state index contributed by atoms with van der Waals surface area (Å²) in [5.41, 5.74) is 9.59. The number of benzene rings is 1. The third-order valence-corrected chi connectivity index (χ3v) is 5.79. The van der Waals surface area contributed by atoms with Crippen molar-refractivity contribution in [3.8, 4) is 22.6 Å². The van der Waals surface area contributed by atoms with Crippen LogP contribution in [0.1, 0.15) is 12.8 Å². The van der Waals surface area contributed by atoms with E-state index in [0.29, 0.717) is 29.7 Å². The summed E-state index contributed by atoms with van der Waals surface area (Å²) in [5, 5.41) is 3.46. The number of nitrogens with one attached hydrogen (secondary N) is 1. The fraction of sp³-hybridized carbons (Fsp3) is 0.261. The van der Waals surface area contributed by atoms with Crippen molar-refractivity contribution in [2.45, 2.75) is 18.9 Å². The van der Waals surface area contributed by atoms with Crippen molar-refractivity contribution < 1.29 is 8.81 Å². The van der Waals surface area contributed by atoms with Gasteiger partial charge in [0.25, 0.3) is 0 Å². The molecule has 9 heteroatoms. The number of fused-ring (bicyclic) bond motifs is 1. The molecule has 0 spiro atoms. The fourth-order valence-corrected chi connectivity index (χ4v) is 4.05. The van der Waals surface area contributed by atoms with Crippen LogP contribution in [0.5, 0.6) is 0 Å². The lowest BCUT2D eigenvalue weighted by Crippen LogP contribution is -2.40. The summed E-state index contributed by atoms with van der Waals surface area (Å²) in [6, 6.07) is 8.33. The molecular weight excluding hydrogens is 409 g/mol. The molecule has 0 unspecified atom stereocenters. The van der Waals surface area contributed by atoms with Gasteiger partial charge in [0.05, 0.1) is 5.69 Å². The molecule has 1 fully saturated rings. The lowest BCUT2D eigenvalue weighted by Gasteiger charge is -2.34. The topological polar surface area (TPSA) is 97.5 Å². The van der Waals surface area contributed by atoms with Gasteiger partial charge in [-0.15, -0.1) is 0 Å². The molecule has 0 amide bonds. The van der Waals surface area contributed by atoms with E-state index in [0.717, 1.165) is 42.9 Å². The van der Waals surface area contributed by atoms with E-state index in [1.807, 2.05) is 10.5 Å². The zero-order chi connectivity index (χ0) is 22.1. The van der Waals surface area contributed by atoms with Crippen LogP contribution in [-0.2, 0) is 0 Å². The number of hydrogen-bond acceptors (Lipinski definition) is 7. The van der Waals surface area contributed by atoms with Crippen LogP contribution in [0.4, 0.5) is 10.3 Å². The molecule has 8 nitrogen and oxygen atoms in total. The van der Waals surface area contributed by atoms with Gasteiger partial charge in [-0.05, 0) is 43.2 Å². The van der Waals surface area contributed by atoms with E-state index in [1.54, 1.807) is 30.8 Å². The second-order valence-corrected chi connectivity index (χ2v) is 7.81. The molecule has 4 aromatic rings. The fourth-order valence-electron chi connectivity index (χ4n) is 4.05. The Kier molecular flexibility index (Phi) is 5.32. The summed E-state index contributed by atoms with van der Waals surface area (Å²) in [5.74, 6) is 0.704. The minimum absolute atomic E-state index is 0.267. The number of piperidine rings is 1. The van der Waals surface area contributed by atoms with E-state index in [9.17, 15) is 4.39 Å². The van der Waals surface area contributed by atoms with Crippen molar-refractivity contribution in [3.05, 3.63) is 67.1 Å². The molecule has 0 aliphatic carbocycles. The van der Waals surface area contributed by atoms with E-state index >= 15 is 0 Å². The minimum Gasteiger partial charge on any atom is -0.432 e. The maximum Gasteiger partial charge on any atom is 0.306 e. The summed E-state index contributed by atoms with van der Waals surface area (Å²) in [6.07, 6.45) is 6.99. The van der Waals surface area contributed by atoms with E-state index in [2.05, 4.69) is 26.8 Å². The third-order valence-electron chi connectivity index (χ3n) is 5.79. The van der Waals surface area contributed by atoms with Crippen LogP contribution in [-0.4, -0.2) is 49.9 Å². The van der Waals surface area contributed by atoms with E-state index in [4.69, 9.17) is 15.1 Å². The summed E-state index contributed by atoms with van der Waals surface area (Å²) in [4.78, 5) is 16.0. The van der Waals surface area contributed by atoms with E-state index in [1.165, 1.54) is 12.1 Å². The zero-order valence-electron chi connectivity index (χ0n) is 17.5. The maximum absolute atomic E-state index is 13.4. The van der Waals surface area contributed by atoms with Crippen LogP contribution in [0.2, 0.25) is 0 Å². The number of imidazole rings is 1. The molecule has 3 N–H and O–H groups in total. The van der Waals surface area contributed by atoms with Crippen molar-refractivity contribution in [1.29, 1.82) is 0 Å². The van der Waals surface area contributed by atoms with Gasteiger partial charge in [0.1, 0.15) is 23.5 Å². The Balaban J connectivity index is 1.43. The van der Waals surface area contributed by atoms with Gasteiger partial charge in [-0.3, -0.25) is 4.40 Å². The lowest BCUT2D eigenvalue weighted by atomic mass is 10.0. The monoisotopic (exact) mass is 433 g/mol. The van der Waals surface area contributed by atoms with Gasteiger partial charge in [-0.2, -0.15) is 4.98 Å². The first-order valence-electron chi connectivity index (χ1n) is 10.6. The largest absolute Gasteiger partial charge is 0.432 e. The Morgan fingerprint density at radius 3 is 2.72 bits per heavy atom. The minimum atomic E-state index is -0.298. The number of nitrogens with two attached hydrogens (primary N) is 1. The predicted octanol–water partition coefficient (Wildman–Crippen LogP) is 3.54. The number of hydrogen-bond donors (Lipinski definition) is 2. The zero-order valence-corrected chi connectivity index (χ0v) is 17.5. The normalized spacial score (nSPS) is 14.8. The Labute approximate surface area is 184 Å². The van der Waals surface area contributed by atoms with Gasteiger partial charge in [-0.1, -0.05) is 6.58 Å². The molecule has 1 aromatic carbocycles. The predicted molar refractivity (Wildman–Crippen MR) is 120 cm³/mol. The van der Waals surface area contributed by atoms with E-state index in [-0.39, 0.29) is 11.9 Å². The highest BCUT2D eigenvalue weighted by Gasteiger charge is 2.22. The number of likely N-dealkylation sites (tertiary alicyclic amines) is 1. The summed E-state index contributed by atoms with van der Waals surface area (Å²) >= 11 is 0. The van der Waals surface area contributed by atoms with Crippen molar-refractivity contribution in [1.82, 2.24) is 24.3 Å². The molecule has 1 saturated heterocycles. The number of halogens is 1. The molecule has 32 heavy (non-hydrogen) atoms. The lowest BCUT2D eigenvalue weighted by molar-refractivity contribution is 0.270. The molecule has 1 aliphatic rings. The number of anilines is 1. The first-order valence-corrected chi connectivity index (χ1v) is 10.6. The molecule has 3 aromatic heterocycles. The summed E-state index contributed by atoms with van der Waals surface area (Å²) in [7, 11) is 0. The van der Waals surface area contributed by atoms with Crippen molar-refractivity contribution >= 4 is 11.8 Å². The second-order valence-electron chi connectivity index (χ2n) is 7.81. The average Bonchev–Trinajstić information content (AvgIpc) is 3.41. The highest BCUT2D eigenvalue weighted by Crippen LogP contribution is 2.32. The molecular formula is C23H24FN7O. The van der Waals surface area contributed by atoms with E-state index < -0.39 is 0 Å². The highest BCUT2D eigenvalue weighted by atomic mass is 19.1. The number of oxazole rings is 1. The van der Waals surface area contributed by atoms with Crippen LogP contribution >= 0.6 is 0 Å². The average molecular weight is 433 g/mol. The van der Waals surface area contributed by atoms with Crippen LogP contribution in [0.25, 0.3) is 28.5 Å². The first kappa shape index (κ1) is 20.2. The van der Waals surface area contributed by atoms with Gasteiger partial charge in [0.15, 0.2) is 0 Å². The molecule has 0 saturated carbocycles. The Hall–Kier alpha value is -3.72. The Morgan fingerprint density at radius 1 is 1.19 bits per heavy atom. The summed E-state index contributed by atoms with van der Waals surface area (Å²) < 4.78 is 20.8. The van der Waals surface area contributed by atoms with Crippen molar-refractivity contribution in [3.63, 3.8) is 0 Å². The van der Waals surface area contributed by atoms with Crippen LogP contribution in [0.15, 0.2) is 65.7 Å². The van der Waals surface area contributed by atoms with Crippen LogP contribution in [0, 0.1) is 5.82 Å². The third kappa shape index (κ3) is 3.82. The first-order chi connectivity index (χ1) is 15.6. The molecule has 5 rings (SSSR count). The summed E-state index contributed by atoms with van der Waals surface area (Å²) in [6.45, 7) is 6.31. The molecule has 0 bridgehead atoms. The smallest absolute Gasteiger partial charge is 0.306 e. The second kappa shape index (κ2) is 8.43. The van der Waals surface area contributed by atoms with Crippen LogP contribution in [0.3, 0.4) is 0 Å². The van der Waals surface area contributed by atoms with Crippen LogP contribution < -0.4 is 11.1 Å². The molecule has 1 aliphatic heterocycles. The number of rotatable bonds is 6. The molecule has 4 heterocycles. The van der Waals surface area contributed by atoms with Gasteiger partial charge in [0, 0.05) is 49.3 Å². The molecule has 0 radical (unpaired) electrons. The number of nitrogens with zero attached hydrogens (tertiary/aromatic N) is 5. The highest BCUT2D eigenvalue weighted by molar-refractivity contribution is 5.79. The SMILES string of the molecule is C=C(CN)N1CCC(Nc2nccc(-c3c(-c4ccc(F)cc4)nc4occn34)n2)CC1.